The molecular weight excluding hydrogens is 616 g/mol. The Kier molecular flexibility index (Phi) is 13.0. The lowest BCUT2D eigenvalue weighted by Gasteiger charge is -2.12. The topological polar surface area (TPSA) is 210 Å². The molecule has 0 spiro atoms. The first-order chi connectivity index (χ1) is 22.8. The molecule has 248 valence electrons. The number of rotatable bonds is 24. The van der Waals surface area contributed by atoms with Crippen molar-refractivity contribution < 1.29 is 57.6 Å². The van der Waals surface area contributed by atoms with Gasteiger partial charge < -0.3 is 57.6 Å². The van der Waals surface area contributed by atoms with Crippen LogP contribution in [0.1, 0.15) is 49.9 Å². The summed E-state index contributed by atoms with van der Waals surface area (Å²) < 4.78 is 23.8. The molecule has 0 heterocycles. The summed E-state index contributed by atoms with van der Waals surface area (Å²) >= 11 is 0. The maximum absolute atomic E-state index is 5.94. The summed E-state index contributed by atoms with van der Waals surface area (Å²) in [7, 11) is 0. The average molecular weight is 649 g/mol. The molecular formula is C26H32N8O12. The molecule has 2 aliphatic rings. The Morgan fingerprint density at radius 3 is 0.783 bits per heavy atom. The summed E-state index contributed by atoms with van der Waals surface area (Å²) in [5.41, 5.74) is 2.71. The van der Waals surface area contributed by atoms with Crippen molar-refractivity contribution in [3.8, 4) is 0 Å². The van der Waals surface area contributed by atoms with Crippen LogP contribution in [-0.4, -0.2) is 53.6 Å². The van der Waals surface area contributed by atoms with Crippen molar-refractivity contribution >= 4 is 33.8 Å². The zero-order valence-electron chi connectivity index (χ0n) is 25.4. The molecule has 0 aliphatic heterocycles. The van der Waals surface area contributed by atoms with Crippen LogP contribution in [-0.2, 0) is 57.6 Å². The van der Waals surface area contributed by atoms with Gasteiger partial charge in [0.05, 0.1) is 42.2 Å². The van der Waals surface area contributed by atoms with E-state index in [-0.39, 0.29) is 27.2 Å². The Labute approximate surface area is 261 Å². The normalized spacial score (nSPS) is 13.4. The van der Waals surface area contributed by atoms with Gasteiger partial charge in [-0.15, -0.1) is 0 Å². The van der Waals surface area contributed by atoms with E-state index in [4.69, 9.17) is 57.6 Å². The van der Waals surface area contributed by atoms with E-state index in [9.17, 15) is 0 Å². The van der Waals surface area contributed by atoms with Crippen LogP contribution >= 0.6 is 0 Å². The maximum Gasteiger partial charge on any atom is 0.257 e. The van der Waals surface area contributed by atoms with Crippen LogP contribution in [0.25, 0.3) is 33.8 Å². The molecule has 0 radical (unpaired) electrons. The van der Waals surface area contributed by atoms with Crippen molar-refractivity contribution in [3.63, 3.8) is 0 Å². The van der Waals surface area contributed by atoms with Crippen molar-refractivity contribution in [2.24, 2.45) is 42.2 Å². The molecule has 0 saturated heterocycles. The van der Waals surface area contributed by atoms with Crippen molar-refractivity contribution in [1.29, 1.82) is 0 Å². The van der Waals surface area contributed by atoms with Gasteiger partial charge in [-0.05, 0) is 52.0 Å². The van der Waals surface area contributed by atoms with Crippen LogP contribution in [0.15, 0.2) is 66.5 Å². The largest absolute Gasteiger partial charge is 0.451 e. The van der Waals surface area contributed by atoms with Crippen LogP contribution in [0.4, 0.5) is 0 Å². The zero-order valence-corrected chi connectivity index (χ0v) is 25.4. The van der Waals surface area contributed by atoms with E-state index < -0.39 is 0 Å². The SMILES string of the molecule is CCO/N=N/OCOC1=C(OCO/N=N/OCC)c2ccc3c4c(ccc1c24)C(OCO/N=N/OCC)=C3OCO/N=N/OCC. The van der Waals surface area contributed by atoms with Crippen LogP contribution in [0.5, 0.6) is 0 Å². The molecule has 0 fully saturated rings. The van der Waals surface area contributed by atoms with Crippen molar-refractivity contribution in [2.45, 2.75) is 27.7 Å². The number of hydrogen-bond acceptors (Lipinski definition) is 20. The fourth-order valence-electron chi connectivity index (χ4n) is 4.17. The van der Waals surface area contributed by atoms with Gasteiger partial charge in [0, 0.05) is 33.0 Å². The monoisotopic (exact) mass is 648 g/mol. The maximum atomic E-state index is 5.94. The van der Waals surface area contributed by atoms with E-state index in [0.717, 1.165) is 10.8 Å². The number of hydrogen-bond donors (Lipinski definition) is 0. The van der Waals surface area contributed by atoms with E-state index >= 15 is 0 Å². The highest BCUT2D eigenvalue weighted by atomic mass is 16.8. The second kappa shape index (κ2) is 18.1. The van der Waals surface area contributed by atoms with Gasteiger partial charge in [0.15, 0.2) is 23.0 Å². The Morgan fingerprint density at radius 2 is 0.565 bits per heavy atom. The molecule has 20 nitrogen and oxygen atoms in total. The molecule has 0 bridgehead atoms. The summed E-state index contributed by atoms with van der Waals surface area (Å²) in [4.78, 5) is 39.5. The Balaban J connectivity index is 1.63. The average Bonchev–Trinajstić information content (AvgIpc) is 3.54. The van der Waals surface area contributed by atoms with Crippen LogP contribution in [0, 0.1) is 0 Å². The fraction of sp³-hybridized carbons (Fsp3) is 0.462. The van der Waals surface area contributed by atoms with E-state index in [1.807, 2.05) is 24.3 Å². The van der Waals surface area contributed by atoms with Gasteiger partial charge in [-0.25, -0.2) is 0 Å². The summed E-state index contributed by atoms with van der Waals surface area (Å²) in [6, 6.07) is 7.29. The van der Waals surface area contributed by atoms with Gasteiger partial charge in [-0.3, -0.25) is 0 Å². The lowest BCUT2D eigenvalue weighted by atomic mass is 9.98. The molecule has 0 aromatic heterocycles. The first kappa shape index (κ1) is 33.1. The molecule has 0 N–H and O–H groups in total. The first-order valence-corrected chi connectivity index (χ1v) is 13.9. The predicted octanol–water partition coefficient (Wildman–Crippen LogP) is 6.36. The Morgan fingerprint density at radius 1 is 0.348 bits per heavy atom. The molecule has 46 heavy (non-hydrogen) atoms. The van der Waals surface area contributed by atoms with Gasteiger partial charge in [0.1, 0.15) is 26.4 Å². The molecule has 0 saturated carbocycles. The third kappa shape index (κ3) is 8.21. The van der Waals surface area contributed by atoms with Crippen LogP contribution in [0.2, 0.25) is 0 Å². The molecule has 4 rings (SSSR count). The summed E-state index contributed by atoms with van der Waals surface area (Å²) in [6.07, 6.45) is 0. The second-order valence-corrected chi connectivity index (χ2v) is 8.28. The van der Waals surface area contributed by atoms with Crippen LogP contribution in [0.3, 0.4) is 0 Å². The predicted molar refractivity (Wildman–Crippen MR) is 152 cm³/mol. The quantitative estimate of drug-likeness (QED) is 0.0527. The molecule has 2 aliphatic carbocycles. The smallest absolute Gasteiger partial charge is 0.257 e. The lowest BCUT2D eigenvalue weighted by Crippen LogP contribution is -2.01. The van der Waals surface area contributed by atoms with Gasteiger partial charge in [0.2, 0.25) is 0 Å². The fourth-order valence-corrected chi connectivity index (χ4v) is 4.17. The number of benzene rings is 2. The highest BCUT2D eigenvalue weighted by Gasteiger charge is 2.36. The third-order valence-corrected chi connectivity index (χ3v) is 5.69. The summed E-state index contributed by atoms with van der Waals surface area (Å²) in [5.74, 6) is 1.36. The molecule has 0 atom stereocenters. The van der Waals surface area contributed by atoms with Gasteiger partial charge in [0.25, 0.3) is 27.2 Å². The lowest BCUT2D eigenvalue weighted by molar-refractivity contribution is -0.0426. The van der Waals surface area contributed by atoms with E-state index in [0.29, 0.717) is 71.7 Å². The summed E-state index contributed by atoms with van der Waals surface area (Å²) in [6.45, 7) is 7.12. The highest BCUT2D eigenvalue weighted by Crippen LogP contribution is 2.51. The van der Waals surface area contributed by atoms with Crippen molar-refractivity contribution in [3.05, 3.63) is 46.5 Å². The van der Waals surface area contributed by atoms with Gasteiger partial charge >= 0.3 is 0 Å². The highest BCUT2D eigenvalue weighted by molar-refractivity contribution is 6.19. The van der Waals surface area contributed by atoms with Gasteiger partial charge in [-0.1, -0.05) is 0 Å². The minimum atomic E-state index is -0.310. The Hall–Kier alpha value is -5.82. The van der Waals surface area contributed by atoms with Gasteiger partial charge in [-0.2, -0.15) is 0 Å². The minimum absolute atomic E-state index is 0.310. The second-order valence-electron chi connectivity index (χ2n) is 8.28. The summed E-state index contributed by atoms with van der Waals surface area (Å²) in [5, 5.41) is 28.9. The van der Waals surface area contributed by atoms with Crippen LogP contribution < -0.4 is 0 Å². The molecule has 20 heteroatoms. The number of ether oxygens (including phenoxy) is 4. The molecule has 0 unspecified atom stereocenters. The first-order valence-electron chi connectivity index (χ1n) is 13.9. The van der Waals surface area contributed by atoms with E-state index in [1.165, 1.54) is 0 Å². The van der Waals surface area contributed by atoms with E-state index in [2.05, 4.69) is 42.2 Å². The van der Waals surface area contributed by atoms with E-state index in [1.54, 1.807) is 27.7 Å². The molecule has 2 aromatic rings. The molecule has 0 amide bonds. The van der Waals surface area contributed by atoms with Crippen molar-refractivity contribution in [2.75, 3.05) is 53.6 Å². The standard InChI is InChI=1S/C26H32N8O12/c1-5-39-27-31-43-13-35-23-17-9-10-19-22-20(12-11-18(21(17)22)24(23)36-14-44-32-28-40-6-2)26(38-16-46-34-30-42-8-4)25(19)37-15-45-33-29-41-7-3/h9-12H,5-8,13-16H2,1-4H3/b31-27+,32-28+,33-29+,34-30+. The zero-order chi connectivity index (χ0) is 32.4. The minimum Gasteiger partial charge on any atom is -0.451 e. The molecule has 2 aromatic carbocycles. The Bertz CT molecular complexity index is 1270. The number of nitrogens with zero attached hydrogens (tertiary/aromatic N) is 8. The third-order valence-electron chi connectivity index (χ3n) is 5.69. The van der Waals surface area contributed by atoms with Crippen molar-refractivity contribution in [1.82, 2.24) is 0 Å².